The highest BCUT2D eigenvalue weighted by molar-refractivity contribution is 7.98. The number of amides is 1. The van der Waals surface area contributed by atoms with Crippen molar-refractivity contribution < 1.29 is 9.90 Å². The number of aliphatic hydroxyl groups excluding tert-OH is 1. The Morgan fingerprint density at radius 1 is 1.72 bits per heavy atom. The number of thiazole rings is 1. The average molecular weight is 286 g/mol. The Hall–Kier alpha value is -0.590. The summed E-state index contributed by atoms with van der Waals surface area (Å²) in [4.78, 5) is 17.9. The average Bonchev–Trinajstić information content (AvgIpc) is 2.93. The van der Waals surface area contributed by atoms with Crippen LogP contribution in [-0.2, 0) is 10.5 Å². The van der Waals surface area contributed by atoms with Crippen molar-refractivity contribution in [3.8, 4) is 0 Å². The monoisotopic (exact) mass is 286 g/mol. The summed E-state index contributed by atoms with van der Waals surface area (Å²) >= 11 is 3.40. The van der Waals surface area contributed by atoms with E-state index in [9.17, 15) is 9.90 Å². The number of thioether (sulfide) groups is 1. The Kier molecular flexibility index (Phi) is 5.03. The Morgan fingerprint density at radius 2 is 2.56 bits per heavy atom. The van der Waals surface area contributed by atoms with E-state index < -0.39 is 0 Å². The van der Waals surface area contributed by atoms with Gasteiger partial charge in [0.1, 0.15) is 0 Å². The number of carbonyl (C=O) groups excluding carboxylic acids is 1. The molecule has 100 valence electrons. The summed E-state index contributed by atoms with van der Waals surface area (Å²) in [6.07, 6.45) is 0.955. The number of aromatic nitrogens is 1. The van der Waals surface area contributed by atoms with Crippen molar-refractivity contribution in [3.63, 3.8) is 0 Å². The third-order valence-electron chi connectivity index (χ3n) is 2.89. The van der Waals surface area contributed by atoms with Gasteiger partial charge in [0.25, 0.3) is 0 Å². The van der Waals surface area contributed by atoms with E-state index in [2.05, 4.69) is 10.4 Å². The molecule has 0 aromatic carbocycles. The predicted molar refractivity (Wildman–Crippen MR) is 74.8 cm³/mol. The number of aryl methyl sites for hydroxylation is 1. The van der Waals surface area contributed by atoms with Gasteiger partial charge in [0.05, 0.1) is 16.8 Å². The van der Waals surface area contributed by atoms with E-state index >= 15 is 0 Å². The van der Waals surface area contributed by atoms with E-state index in [-0.39, 0.29) is 12.0 Å². The fourth-order valence-corrected chi connectivity index (χ4v) is 3.48. The first-order valence-corrected chi connectivity index (χ1v) is 8.13. The highest BCUT2D eigenvalue weighted by Crippen LogP contribution is 2.17. The van der Waals surface area contributed by atoms with Gasteiger partial charge in [0, 0.05) is 36.4 Å². The zero-order chi connectivity index (χ0) is 13.0. The smallest absolute Gasteiger partial charge is 0.223 e. The quantitative estimate of drug-likeness (QED) is 0.837. The van der Waals surface area contributed by atoms with Gasteiger partial charge in [0.15, 0.2) is 0 Å². The zero-order valence-electron chi connectivity index (χ0n) is 10.5. The van der Waals surface area contributed by atoms with Crippen LogP contribution in [0.2, 0.25) is 0 Å². The van der Waals surface area contributed by atoms with Crippen molar-refractivity contribution in [2.24, 2.45) is 0 Å². The number of nitrogens with zero attached hydrogens (tertiary/aromatic N) is 2. The van der Waals surface area contributed by atoms with Gasteiger partial charge in [-0.05, 0) is 13.3 Å². The van der Waals surface area contributed by atoms with Gasteiger partial charge in [-0.3, -0.25) is 4.79 Å². The van der Waals surface area contributed by atoms with E-state index in [1.54, 1.807) is 28.0 Å². The summed E-state index contributed by atoms with van der Waals surface area (Å²) in [6.45, 7) is 3.21. The normalized spacial score (nSPS) is 19.4. The second kappa shape index (κ2) is 6.54. The fraction of sp³-hybridized carbons (Fsp3) is 0.667. The lowest BCUT2D eigenvalue weighted by Gasteiger charge is -2.14. The minimum Gasteiger partial charge on any atom is -0.391 e. The first-order chi connectivity index (χ1) is 8.65. The minimum atomic E-state index is -0.320. The van der Waals surface area contributed by atoms with Crippen LogP contribution in [0.1, 0.15) is 23.5 Å². The molecule has 1 fully saturated rings. The van der Waals surface area contributed by atoms with Crippen LogP contribution in [0.3, 0.4) is 0 Å². The molecule has 0 aliphatic carbocycles. The summed E-state index contributed by atoms with van der Waals surface area (Å²) in [5.41, 5.74) is 1.10. The number of hydrogen-bond donors (Lipinski definition) is 1. The summed E-state index contributed by atoms with van der Waals surface area (Å²) in [6, 6.07) is 0. The van der Waals surface area contributed by atoms with Crippen LogP contribution < -0.4 is 0 Å². The maximum Gasteiger partial charge on any atom is 0.223 e. The SMILES string of the molecule is Cc1nc(CSCCC(=O)N2CC[C@@H](O)C2)cs1. The second-order valence-corrected chi connectivity index (χ2v) is 6.61. The molecule has 0 bridgehead atoms. The summed E-state index contributed by atoms with van der Waals surface area (Å²) < 4.78 is 0. The summed E-state index contributed by atoms with van der Waals surface area (Å²) in [5, 5.41) is 12.5. The molecular formula is C12H18N2O2S2. The van der Waals surface area contributed by atoms with Crippen LogP contribution in [0.5, 0.6) is 0 Å². The molecule has 2 heterocycles. The molecule has 6 heteroatoms. The zero-order valence-corrected chi connectivity index (χ0v) is 12.1. The van der Waals surface area contributed by atoms with Crippen LogP contribution in [-0.4, -0.2) is 45.8 Å². The van der Waals surface area contributed by atoms with Crippen LogP contribution in [0, 0.1) is 6.92 Å². The van der Waals surface area contributed by atoms with Gasteiger partial charge in [-0.25, -0.2) is 4.98 Å². The molecule has 4 nitrogen and oxygen atoms in total. The van der Waals surface area contributed by atoms with E-state index in [0.717, 1.165) is 28.6 Å². The van der Waals surface area contributed by atoms with Gasteiger partial charge in [-0.15, -0.1) is 11.3 Å². The maximum atomic E-state index is 11.8. The van der Waals surface area contributed by atoms with Crippen molar-refractivity contribution >= 4 is 29.0 Å². The lowest BCUT2D eigenvalue weighted by Crippen LogP contribution is -2.29. The Morgan fingerprint density at radius 3 is 3.17 bits per heavy atom. The summed E-state index contributed by atoms with van der Waals surface area (Å²) in [7, 11) is 0. The highest BCUT2D eigenvalue weighted by atomic mass is 32.2. The maximum absolute atomic E-state index is 11.8. The fourth-order valence-electron chi connectivity index (χ4n) is 1.94. The summed E-state index contributed by atoms with van der Waals surface area (Å²) in [5.74, 6) is 1.86. The van der Waals surface area contributed by atoms with Gasteiger partial charge >= 0.3 is 0 Å². The minimum absolute atomic E-state index is 0.161. The van der Waals surface area contributed by atoms with Gasteiger partial charge in [-0.2, -0.15) is 11.8 Å². The molecule has 1 atom stereocenters. The van der Waals surface area contributed by atoms with Crippen LogP contribution in [0.4, 0.5) is 0 Å². The van der Waals surface area contributed by atoms with Gasteiger partial charge < -0.3 is 10.0 Å². The van der Waals surface area contributed by atoms with E-state index in [1.165, 1.54) is 0 Å². The molecular weight excluding hydrogens is 268 g/mol. The van der Waals surface area contributed by atoms with Gasteiger partial charge in [0.2, 0.25) is 5.91 Å². The molecule has 0 spiro atoms. The van der Waals surface area contributed by atoms with E-state index in [4.69, 9.17) is 0 Å². The van der Waals surface area contributed by atoms with Crippen molar-refractivity contribution in [2.45, 2.75) is 31.6 Å². The predicted octanol–water partition coefficient (Wildman–Crippen LogP) is 1.67. The van der Waals surface area contributed by atoms with Crippen molar-refractivity contribution in [1.29, 1.82) is 0 Å². The molecule has 1 aromatic heterocycles. The Labute approximate surface area is 115 Å². The molecule has 1 aliphatic rings. The first-order valence-electron chi connectivity index (χ1n) is 6.10. The number of β-amino-alcohol motifs (C(OH)–C–C–N with tert-alkyl or cyclic N) is 1. The van der Waals surface area contributed by atoms with Gasteiger partial charge in [-0.1, -0.05) is 0 Å². The van der Waals surface area contributed by atoms with Crippen LogP contribution >= 0.6 is 23.1 Å². The number of rotatable bonds is 5. The molecule has 0 unspecified atom stereocenters. The molecule has 1 aliphatic heterocycles. The van der Waals surface area contributed by atoms with Crippen LogP contribution in [0.25, 0.3) is 0 Å². The van der Waals surface area contributed by atoms with Crippen molar-refractivity contribution in [3.05, 3.63) is 16.1 Å². The third-order valence-corrected chi connectivity index (χ3v) is 4.71. The first kappa shape index (κ1) is 13.8. The Balaban J connectivity index is 1.62. The number of hydrogen-bond acceptors (Lipinski definition) is 5. The van der Waals surface area contributed by atoms with E-state index in [1.807, 2.05) is 6.92 Å². The molecule has 1 saturated heterocycles. The molecule has 18 heavy (non-hydrogen) atoms. The van der Waals surface area contributed by atoms with E-state index in [0.29, 0.717) is 19.5 Å². The molecule has 0 saturated carbocycles. The van der Waals surface area contributed by atoms with Crippen molar-refractivity contribution in [2.75, 3.05) is 18.8 Å². The molecule has 1 amide bonds. The third kappa shape index (κ3) is 3.96. The highest BCUT2D eigenvalue weighted by Gasteiger charge is 2.23. The topological polar surface area (TPSA) is 53.4 Å². The van der Waals surface area contributed by atoms with Crippen molar-refractivity contribution in [1.82, 2.24) is 9.88 Å². The number of carbonyl (C=O) groups is 1. The number of aliphatic hydroxyl groups is 1. The standard InChI is InChI=1S/C12H18N2O2S2/c1-9-13-10(8-18-9)7-17-5-3-12(16)14-4-2-11(15)6-14/h8,11,15H,2-7H2,1H3/t11-/m1/s1. The lowest BCUT2D eigenvalue weighted by molar-refractivity contribution is -0.130. The van der Waals surface area contributed by atoms with Crippen LogP contribution in [0.15, 0.2) is 5.38 Å². The molecule has 1 N–H and O–H groups in total. The lowest BCUT2D eigenvalue weighted by atomic mass is 10.3. The molecule has 2 rings (SSSR count). The number of likely N-dealkylation sites (tertiary alicyclic amines) is 1. The molecule has 0 radical (unpaired) electrons. The second-order valence-electron chi connectivity index (χ2n) is 4.44. The largest absolute Gasteiger partial charge is 0.391 e. The Bertz CT molecular complexity index is 409. The molecule has 1 aromatic rings.